The van der Waals surface area contributed by atoms with Gasteiger partial charge in [-0.2, -0.15) is 0 Å². The smallest absolute Gasteiger partial charge is 0.306 e. The van der Waals surface area contributed by atoms with Crippen molar-refractivity contribution in [2.24, 2.45) is 0 Å². The van der Waals surface area contributed by atoms with Crippen molar-refractivity contribution in [3.8, 4) is 0 Å². The van der Waals surface area contributed by atoms with E-state index in [1.165, 1.54) is 12.8 Å². The molecule has 65 heavy (non-hydrogen) atoms. The molecule has 1 unspecified atom stereocenters. The summed E-state index contributed by atoms with van der Waals surface area (Å²) in [5.74, 6) is -0.974. The fourth-order valence-corrected chi connectivity index (χ4v) is 6.50. The maximum Gasteiger partial charge on any atom is 0.306 e. The van der Waals surface area contributed by atoms with Gasteiger partial charge >= 0.3 is 17.9 Å². The molecule has 0 amide bonds. The largest absolute Gasteiger partial charge is 0.462 e. The lowest BCUT2D eigenvalue weighted by molar-refractivity contribution is -0.167. The van der Waals surface area contributed by atoms with Gasteiger partial charge in [0.2, 0.25) is 0 Å². The van der Waals surface area contributed by atoms with Crippen LogP contribution in [0.5, 0.6) is 0 Å². The zero-order valence-electron chi connectivity index (χ0n) is 41.4. The van der Waals surface area contributed by atoms with Gasteiger partial charge in [0, 0.05) is 19.3 Å². The van der Waals surface area contributed by atoms with Crippen molar-refractivity contribution in [1.82, 2.24) is 0 Å². The van der Waals surface area contributed by atoms with Crippen LogP contribution in [0, 0.1) is 0 Å². The Morgan fingerprint density at radius 1 is 0.323 bits per heavy atom. The van der Waals surface area contributed by atoms with Crippen molar-refractivity contribution in [2.75, 3.05) is 13.2 Å². The van der Waals surface area contributed by atoms with Gasteiger partial charge in [0.25, 0.3) is 0 Å². The van der Waals surface area contributed by atoms with E-state index in [0.717, 1.165) is 148 Å². The van der Waals surface area contributed by atoms with Crippen molar-refractivity contribution >= 4 is 17.9 Å². The summed E-state index contributed by atoms with van der Waals surface area (Å²) in [4.78, 5) is 38.0. The molecule has 0 aliphatic rings. The molecule has 0 saturated carbocycles. The normalized spacial score (nSPS) is 13.2. The van der Waals surface area contributed by atoms with Crippen LogP contribution in [0.25, 0.3) is 0 Å². The molecule has 0 N–H and O–H groups in total. The quantitative estimate of drug-likeness (QED) is 0.0199. The van der Waals surface area contributed by atoms with Gasteiger partial charge in [0.15, 0.2) is 6.10 Å². The van der Waals surface area contributed by atoms with Crippen LogP contribution < -0.4 is 0 Å². The zero-order chi connectivity index (χ0) is 47.2. The molecule has 0 bridgehead atoms. The highest BCUT2D eigenvalue weighted by atomic mass is 16.6. The molecule has 0 aromatic heterocycles. The fraction of sp³-hybridized carbons (Fsp3) is 0.576. The summed E-state index contributed by atoms with van der Waals surface area (Å²) < 4.78 is 16.8. The Kier molecular flexibility index (Phi) is 48.6. The van der Waals surface area contributed by atoms with Gasteiger partial charge < -0.3 is 14.2 Å². The number of hydrogen-bond donors (Lipinski definition) is 0. The molecule has 0 radical (unpaired) electrons. The summed E-state index contributed by atoms with van der Waals surface area (Å²) in [5.41, 5.74) is 0. The Morgan fingerprint density at radius 3 is 1.05 bits per heavy atom. The third-order valence-electron chi connectivity index (χ3n) is 10.3. The molecule has 1 atom stereocenters. The summed E-state index contributed by atoms with van der Waals surface area (Å²) in [6.07, 6.45) is 72.9. The highest BCUT2D eigenvalue weighted by Crippen LogP contribution is 2.13. The Hall–Kier alpha value is -4.45. The number of rotatable bonds is 44. The predicted octanol–water partition coefficient (Wildman–Crippen LogP) is 17.1. The van der Waals surface area contributed by atoms with Crippen LogP contribution in [-0.2, 0) is 28.6 Å². The number of esters is 3. The zero-order valence-corrected chi connectivity index (χ0v) is 41.4. The highest BCUT2D eigenvalue weighted by molar-refractivity contribution is 5.71. The molecule has 0 aliphatic heterocycles. The topological polar surface area (TPSA) is 78.9 Å². The summed E-state index contributed by atoms with van der Waals surface area (Å²) in [7, 11) is 0. The molecule has 0 heterocycles. The van der Waals surface area contributed by atoms with Crippen molar-refractivity contribution < 1.29 is 28.6 Å². The number of unbranched alkanes of at least 4 members (excludes halogenated alkanes) is 16. The van der Waals surface area contributed by atoms with Gasteiger partial charge in [-0.05, 0) is 96.3 Å². The lowest BCUT2D eigenvalue weighted by atomic mass is 10.1. The second kappa shape index (κ2) is 52.2. The first-order chi connectivity index (χ1) is 32.0. The molecule has 0 spiro atoms. The van der Waals surface area contributed by atoms with Crippen LogP contribution in [0.2, 0.25) is 0 Å². The monoisotopic (exact) mass is 897 g/mol. The van der Waals surface area contributed by atoms with E-state index in [1.807, 2.05) is 24.3 Å². The Labute approximate surface area is 398 Å². The first-order valence-corrected chi connectivity index (χ1v) is 25.8. The minimum Gasteiger partial charge on any atom is -0.462 e. The average molecular weight is 897 g/mol. The van der Waals surface area contributed by atoms with Crippen LogP contribution >= 0.6 is 0 Å². The van der Waals surface area contributed by atoms with Crippen LogP contribution in [0.4, 0.5) is 0 Å². The second-order valence-electron chi connectivity index (χ2n) is 16.4. The van der Waals surface area contributed by atoms with Crippen molar-refractivity contribution in [2.45, 2.75) is 207 Å². The van der Waals surface area contributed by atoms with Gasteiger partial charge in [-0.1, -0.05) is 219 Å². The van der Waals surface area contributed by atoms with Crippen LogP contribution in [0.1, 0.15) is 201 Å². The number of carbonyl (C=O) groups is 3. The SMILES string of the molecule is CC\C=C/C=C\C=C/C=C\CCCCCCCC(=O)OC(COC(=O)CCCCCCC\C=C/C=C\C=C/CC)COC(=O)CCCCCCCC/C=C\C/C=C\C/C=C\C/C=C\CC. The van der Waals surface area contributed by atoms with Gasteiger partial charge in [0.05, 0.1) is 0 Å². The number of allylic oxidation sites excluding steroid dienone is 22. The molecule has 6 nitrogen and oxygen atoms in total. The van der Waals surface area contributed by atoms with E-state index >= 15 is 0 Å². The van der Waals surface area contributed by atoms with E-state index in [4.69, 9.17) is 14.2 Å². The number of carbonyl (C=O) groups excluding carboxylic acids is 3. The van der Waals surface area contributed by atoms with Gasteiger partial charge in [-0.15, -0.1) is 0 Å². The van der Waals surface area contributed by atoms with Crippen LogP contribution in [0.15, 0.2) is 134 Å². The Bertz CT molecular complexity index is 1450. The molecule has 0 aromatic rings. The third-order valence-corrected chi connectivity index (χ3v) is 10.3. The molecule has 0 saturated heterocycles. The predicted molar refractivity (Wildman–Crippen MR) is 279 cm³/mol. The van der Waals surface area contributed by atoms with E-state index in [0.29, 0.717) is 12.8 Å². The van der Waals surface area contributed by atoms with Gasteiger partial charge in [0.1, 0.15) is 13.2 Å². The minimum absolute atomic E-state index is 0.107. The summed E-state index contributed by atoms with van der Waals surface area (Å²) in [5, 5.41) is 0. The van der Waals surface area contributed by atoms with Crippen molar-refractivity contribution in [3.63, 3.8) is 0 Å². The first kappa shape index (κ1) is 60.5. The van der Waals surface area contributed by atoms with Gasteiger partial charge in [-0.25, -0.2) is 0 Å². The van der Waals surface area contributed by atoms with E-state index in [2.05, 4.69) is 130 Å². The minimum atomic E-state index is -0.810. The summed E-state index contributed by atoms with van der Waals surface area (Å²) in [6, 6.07) is 0. The van der Waals surface area contributed by atoms with Crippen LogP contribution in [0.3, 0.4) is 0 Å². The first-order valence-electron chi connectivity index (χ1n) is 25.8. The van der Waals surface area contributed by atoms with Crippen molar-refractivity contribution in [1.29, 1.82) is 0 Å². The second-order valence-corrected chi connectivity index (χ2v) is 16.4. The molecular weight excluding hydrogens is 805 g/mol. The summed E-state index contributed by atoms with van der Waals surface area (Å²) in [6.45, 7) is 6.18. The Balaban J connectivity index is 4.49. The lowest BCUT2D eigenvalue weighted by Gasteiger charge is -2.18. The maximum absolute atomic E-state index is 12.8. The van der Waals surface area contributed by atoms with Gasteiger partial charge in [-0.3, -0.25) is 14.4 Å². The number of hydrogen-bond acceptors (Lipinski definition) is 6. The third kappa shape index (κ3) is 50.4. The van der Waals surface area contributed by atoms with Crippen molar-refractivity contribution in [3.05, 3.63) is 134 Å². The van der Waals surface area contributed by atoms with E-state index in [9.17, 15) is 14.4 Å². The van der Waals surface area contributed by atoms with E-state index < -0.39 is 6.10 Å². The van der Waals surface area contributed by atoms with Crippen LogP contribution in [-0.4, -0.2) is 37.2 Å². The molecular formula is C59H92O6. The fourth-order valence-electron chi connectivity index (χ4n) is 6.50. The molecule has 0 aliphatic carbocycles. The molecule has 6 heteroatoms. The summed E-state index contributed by atoms with van der Waals surface area (Å²) >= 11 is 0. The molecule has 0 rings (SSSR count). The highest BCUT2D eigenvalue weighted by Gasteiger charge is 2.19. The molecule has 364 valence electrons. The molecule has 0 aromatic carbocycles. The maximum atomic E-state index is 12.8. The molecule has 0 fully saturated rings. The average Bonchev–Trinajstić information content (AvgIpc) is 3.30. The number of ether oxygens (including phenoxy) is 3. The van der Waals surface area contributed by atoms with E-state index in [-0.39, 0.29) is 37.5 Å². The standard InChI is InChI=1S/C59H92O6/c1-4-7-10-13-16-19-22-25-27-28-29-30-32-34-37-40-43-46-49-52-58(61)64-55-56(54-63-57(60)51-48-45-42-39-36-33-24-21-18-15-12-9-6-3)65-59(62)53-50-47-44-41-38-35-31-26-23-20-17-14-11-8-5-2/h7-12,14-21,23-27,29-31,56H,4-6,13,22,28,32-55H2,1-3H3/b10-7-,11-8-,12-9-,17-14-,18-15-,19-16-,23-20-,24-21-,27-25-,30-29-,31-26-. The lowest BCUT2D eigenvalue weighted by Crippen LogP contribution is -2.30. The van der Waals surface area contributed by atoms with E-state index in [1.54, 1.807) is 0 Å². The Morgan fingerprint density at radius 2 is 0.631 bits per heavy atom.